The highest BCUT2D eigenvalue weighted by Gasteiger charge is 2.19. The Labute approximate surface area is 120 Å². The van der Waals surface area contributed by atoms with E-state index in [1.165, 1.54) is 6.07 Å². The second-order valence-corrected chi connectivity index (χ2v) is 4.72. The Morgan fingerprint density at radius 2 is 2.05 bits per heavy atom. The van der Waals surface area contributed by atoms with Gasteiger partial charge in [0.1, 0.15) is 5.82 Å². The molecule has 1 aromatic rings. The molecule has 0 amide bonds. The van der Waals surface area contributed by atoms with E-state index in [9.17, 15) is 4.39 Å². The van der Waals surface area contributed by atoms with E-state index in [2.05, 4.69) is 11.8 Å². The van der Waals surface area contributed by atoms with Crippen molar-refractivity contribution in [1.82, 2.24) is 0 Å². The lowest BCUT2D eigenvalue weighted by atomic mass is 10.0. The van der Waals surface area contributed by atoms with Gasteiger partial charge in [0, 0.05) is 19.1 Å². The third-order valence-corrected chi connectivity index (χ3v) is 3.40. The average molecular weight is 289 g/mol. The molecule has 0 radical (unpaired) electrons. The lowest BCUT2D eigenvalue weighted by Crippen LogP contribution is -2.37. The number of halogens is 2. The molecule has 5 heteroatoms. The van der Waals surface area contributed by atoms with E-state index in [0.29, 0.717) is 18.9 Å². The largest absolute Gasteiger partial charge is 0.378 e. The standard InChI is InChI=1S/C14H21FN2O.ClH/c1-2-12(16)10-11-4-3-5-13(15)14(11)17-6-8-18-9-7-17;/h3-5,12H,2,6-10,16H2,1H3;1H. The molecule has 0 bridgehead atoms. The van der Waals surface area contributed by atoms with Crippen LogP contribution in [-0.2, 0) is 11.2 Å². The quantitative estimate of drug-likeness (QED) is 0.924. The number of nitrogens with zero attached hydrogens (tertiary/aromatic N) is 1. The summed E-state index contributed by atoms with van der Waals surface area (Å²) in [7, 11) is 0. The van der Waals surface area contributed by atoms with Crippen molar-refractivity contribution in [2.75, 3.05) is 31.2 Å². The lowest BCUT2D eigenvalue weighted by molar-refractivity contribution is 0.122. The molecule has 0 aromatic heterocycles. The summed E-state index contributed by atoms with van der Waals surface area (Å²) in [6.07, 6.45) is 1.63. The molecule has 19 heavy (non-hydrogen) atoms. The van der Waals surface area contributed by atoms with Gasteiger partial charge in [-0.05, 0) is 24.5 Å². The number of hydrogen-bond acceptors (Lipinski definition) is 3. The number of benzene rings is 1. The van der Waals surface area contributed by atoms with Crippen molar-refractivity contribution < 1.29 is 9.13 Å². The summed E-state index contributed by atoms with van der Waals surface area (Å²) in [4.78, 5) is 2.07. The molecule has 2 rings (SSSR count). The minimum absolute atomic E-state index is 0. The molecule has 0 spiro atoms. The van der Waals surface area contributed by atoms with E-state index in [1.807, 2.05) is 6.07 Å². The predicted molar refractivity (Wildman–Crippen MR) is 78.7 cm³/mol. The normalized spacial score (nSPS) is 16.9. The molecule has 108 valence electrons. The Kier molecular flexibility index (Phi) is 6.55. The predicted octanol–water partition coefficient (Wildman–Crippen LogP) is 2.36. The summed E-state index contributed by atoms with van der Waals surface area (Å²) in [6.45, 7) is 4.87. The Bertz CT molecular complexity index is 397. The summed E-state index contributed by atoms with van der Waals surface area (Å²) >= 11 is 0. The van der Waals surface area contributed by atoms with Crippen molar-refractivity contribution >= 4 is 18.1 Å². The maximum absolute atomic E-state index is 14.1. The minimum Gasteiger partial charge on any atom is -0.378 e. The smallest absolute Gasteiger partial charge is 0.146 e. The van der Waals surface area contributed by atoms with Crippen molar-refractivity contribution in [2.45, 2.75) is 25.8 Å². The summed E-state index contributed by atoms with van der Waals surface area (Å²) < 4.78 is 19.4. The average Bonchev–Trinajstić information content (AvgIpc) is 2.40. The maximum Gasteiger partial charge on any atom is 0.146 e. The Balaban J connectivity index is 0.00000180. The second kappa shape index (κ2) is 7.68. The molecular formula is C14H22ClFN2O. The van der Waals surface area contributed by atoms with Crippen LogP contribution in [0, 0.1) is 5.82 Å². The molecule has 1 aliphatic rings. The molecule has 1 atom stereocenters. The maximum atomic E-state index is 14.1. The molecule has 1 aliphatic heterocycles. The van der Waals surface area contributed by atoms with Crippen LogP contribution < -0.4 is 10.6 Å². The first-order chi connectivity index (χ1) is 8.72. The van der Waals surface area contributed by atoms with Gasteiger partial charge < -0.3 is 15.4 Å². The van der Waals surface area contributed by atoms with Gasteiger partial charge in [0.05, 0.1) is 18.9 Å². The van der Waals surface area contributed by atoms with Crippen LogP contribution in [0.5, 0.6) is 0 Å². The van der Waals surface area contributed by atoms with Crippen molar-refractivity contribution in [3.63, 3.8) is 0 Å². The fraction of sp³-hybridized carbons (Fsp3) is 0.571. The van der Waals surface area contributed by atoms with Crippen LogP contribution in [0.15, 0.2) is 18.2 Å². The van der Waals surface area contributed by atoms with Gasteiger partial charge in [0.25, 0.3) is 0 Å². The third-order valence-electron chi connectivity index (χ3n) is 3.40. The van der Waals surface area contributed by atoms with E-state index >= 15 is 0 Å². The molecule has 1 saturated heterocycles. The van der Waals surface area contributed by atoms with E-state index < -0.39 is 0 Å². The Morgan fingerprint density at radius 3 is 2.68 bits per heavy atom. The molecule has 0 saturated carbocycles. The molecule has 0 aliphatic carbocycles. The van der Waals surface area contributed by atoms with E-state index in [4.69, 9.17) is 10.5 Å². The van der Waals surface area contributed by atoms with Gasteiger partial charge >= 0.3 is 0 Å². The minimum atomic E-state index is -0.155. The first-order valence-electron chi connectivity index (χ1n) is 6.58. The van der Waals surface area contributed by atoms with E-state index in [-0.39, 0.29) is 24.3 Å². The Hall–Kier alpha value is -0.840. The van der Waals surface area contributed by atoms with Gasteiger partial charge in [-0.25, -0.2) is 4.39 Å². The number of nitrogens with two attached hydrogens (primary N) is 1. The highest BCUT2D eigenvalue weighted by molar-refractivity contribution is 5.85. The van der Waals surface area contributed by atoms with Crippen LogP contribution in [0.3, 0.4) is 0 Å². The fourth-order valence-electron chi connectivity index (χ4n) is 2.29. The van der Waals surface area contributed by atoms with Gasteiger partial charge in [0.15, 0.2) is 0 Å². The summed E-state index contributed by atoms with van der Waals surface area (Å²) in [5, 5.41) is 0. The van der Waals surface area contributed by atoms with Crippen LogP contribution in [0.4, 0.5) is 10.1 Å². The zero-order chi connectivity index (χ0) is 13.0. The second-order valence-electron chi connectivity index (χ2n) is 4.72. The van der Waals surface area contributed by atoms with Crippen LogP contribution in [0.2, 0.25) is 0 Å². The number of hydrogen-bond donors (Lipinski definition) is 1. The van der Waals surface area contributed by atoms with Crippen LogP contribution in [0.25, 0.3) is 0 Å². The summed E-state index contributed by atoms with van der Waals surface area (Å²) in [6, 6.07) is 5.35. The number of para-hydroxylation sites is 1. The number of ether oxygens (including phenoxy) is 1. The number of anilines is 1. The highest BCUT2D eigenvalue weighted by Crippen LogP contribution is 2.26. The SMILES string of the molecule is CCC(N)Cc1cccc(F)c1N1CCOCC1.Cl. The summed E-state index contributed by atoms with van der Waals surface area (Å²) in [5.74, 6) is -0.155. The zero-order valence-corrected chi connectivity index (χ0v) is 12.1. The monoisotopic (exact) mass is 288 g/mol. The molecule has 1 heterocycles. The Morgan fingerprint density at radius 1 is 1.37 bits per heavy atom. The van der Waals surface area contributed by atoms with Crippen molar-refractivity contribution in [3.8, 4) is 0 Å². The van der Waals surface area contributed by atoms with Gasteiger partial charge in [-0.2, -0.15) is 0 Å². The molecule has 2 N–H and O–H groups in total. The van der Waals surface area contributed by atoms with Gasteiger partial charge in [-0.1, -0.05) is 19.1 Å². The first kappa shape index (κ1) is 16.2. The van der Waals surface area contributed by atoms with Crippen LogP contribution in [0.1, 0.15) is 18.9 Å². The zero-order valence-electron chi connectivity index (χ0n) is 11.3. The lowest BCUT2D eigenvalue weighted by Gasteiger charge is -2.31. The van der Waals surface area contributed by atoms with Gasteiger partial charge in [0.2, 0.25) is 0 Å². The topological polar surface area (TPSA) is 38.5 Å². The number of rotatable bonds is 4. The van der Waals surface area contributed by atoms with E-state index in [1.54, 1.807) is 6.07 Å². The van der Waals surface area contributed by atoms with Crippen molar-refractivity contribution in [3.05, 3.63) is 29.6 Å². The highest BCUT2D eigenvalue weighted by atomic mass is 35.5. The van der Waals surface area contributed by atoms with E-state index in [0.717, 1.165) is 31.5 Å². The molecule has 1 fully saturated rings. The van der Waals surface area contributed by atoms with Gasteiger partial charge in [-0.15, -0.1) is 12.4 Å². The fourth-order valence-corrected chi connectivity index (χ4v) is 2.29. The molecule has 3 nitrogen and oxygen atoms in total. The van der Waals surface area contributed by atoms with Crippen LogP contribution >= 0.6 is 12.4 Å². The van der Waals surface area contributed by atoms with Crippen molar-refractivity contribution in [1.29, 1.82) is 0 Å². The van der Waals surface area contributed by atoms with Crippen LogP contribution in [-0.4, -0.2) is 32.3 Å². The number of morpholine rings is 1. The summed E-state index contributed by atoms with van der Waals surface area (Å²) in [5.41, 5.74) is 7.71. The molecular weight excluding hydrogens is 267 g/mol. The third kappa shape index (κ3) is 4.06. The molecule has 1 aromatic carbocycles. The first-order valence-corrected chi connectivity index (χ1v) is 6.58. The van der Waals surface area contributed by atoms with Crippen molar-refractivity contribution in [2.24, 2.45) is 5.73 Å². The van der Waals surface area contributed by atoms with Gasteiger partial charge in [-0.3, -0.25) is 0 Å². The molecule has 1 unspecified atom stereocenters.